The Labute approximate surface area is 162 Å². The van der Waals surface area contributed by atoms with Gasteiger partial charge < -0.3 is 14.2 Å². The van der Waals surface area contributed by atoms with Gasteiger partial charge in [-0.2, -0.15) is 5.26 Å². The topological polar surface area (TPSA) is 60.5 Å². The second-order valence-electron chi connectivity index (χ2n) is 5.56. The minimum Gasteiger partial charge on any atom is -0.449 e. The SMILES string of the molecule is N#C/C(=C/c1cc(Br)c(Br)o1)C(=O)N1CCN(c2ccccc2)CC1. The maximum Gasteiger partial charge on any atom is 0.264 e. The van der Waals surface area contributed by atoms with Crippen LogP contribution in [-0.4, -0.2) is 37.0 Å². The van der Waals surface area contributed by atoms with Crippen molar-refractivity contribution in [3.8, 4) is 6.07 Å². The molecule has 7 heteroatoms. The Balaban J connectivity index is 1.68. The number of benzene rings is 1. The fourth-order valence-electron chi connectivity index (χ4n) is 2.70. The molecule has 0 bridgehead atoms. The lowest BCUT2D eigenvalue weighted by Gasteiger charge is -2.36. The minimum atomic E-state index is -0.265. The number of para-hydroxylation sites is 1. The standard InChI is InChI=1S/C18H15Br2N3O2/c19-16-11-15(25-17(16)20)10-13(12-21)18(24)23-8-6-22(7-9-23)14-4-2-1-3-5-14/h1-5,10-11H,6-9H2/b13-10-. The molecule has 0 N–H and O–H groups in total. The summed E-state index contributed by atoms with van der Waals surface area (Å²) in [5.74, 6) is 0.186. The molecule has 0 atom stereocenters. The van der Waals surface area contributed by atoms with E-state index in [9.17, 15) is 10.1 Å². The third-order valence-electron chi connectivity index (χ3n) is 3.99. The number of amides is 1. The average molecular weight is 465 g/mol. The fraction of sp³-hybridized carbons (Fsp3) is 0.222. The molecular weight excluding hydrogens is 450 g/mol. The Morgan fingerprint density at radius 2 is 1.84 bits per heavy atom. The van der Waals surface area contributed by atoms with Gasteiger partial charge in [-0.15, -0.1) is 0 Å². The summed E-state index contributed by atoms with van der Waals surface area (Å²) in [5, 5.41) is 9.35. The molecule has 0 spiro atoms. The molecule has 1 saturated heterocycles. The Bertz CT molecular complexity index is 812. The summed E-state index contributed by atoms with van der Waals surface area (Å²) in [6, 6.07) is 13.8. The van der Waals surface area contributed by atoms with Gasteiger partial charge in [0, 0.05) is 37.9 Å². The quantitative estimate of drug-likeness (QED) is 0.507. The van der Waals surface area contributed by atoms with Crippen molar-refractivity contribution in [3.63, 3.8) is 0 Å². The number of anilines is 1. The molecule has 0 aliphatic carbocycles. The van der Waals surface area contributed by atoms with Gasteiger partial charge >= 0.3 is 0 Å². The van der Waals surface area contributed by atoms with E-state index in [2.05, 4.69) is 48.9 Å². The highest BCUT2D eigenvalue weighted by Crippen LogP contribution is 2.28. The van der Waals surface area contributed by atoms with E-state index in [1.54, 1.807) is 11.0 Å². The predicted octanol–water partition coefficient (Wildman–Crippen LogP) is 4.06. The van der Waals surface area contributed by atoms with Crippen molar-refractivity contribution in [1.29, 1.82) is 5.26 Å². The largest absolute Gasteiger partial charge is 0.449 e. The summed E-state index contributed by atoms with van der Waals surface area (Å²) in [7, 11) is 0. The average Bonchev–Trinajstić information content (AvgIpc) is 2.97. The van der Waals surface area contributed by atoms with Crippen LogP contribution in [0.2, 0.25) is 0 Å². The normalized spacial score (nSPS) is 15.2. The van der Waals surface area contributed by atoms with Gasteiger partial charge in [0.25, 0.3) is 5.91 Å². The van der Waals surface area contributed by atoms with Crippen molar-refractivity contribution in [3.05, 3.63) is 56.9 Å². The van der Waals surface area contributed by atoms with Crippen LogP contribution in [0.15, 0.2) is 55.5 Å². The number of piperazine rings is 1. The predicted molar refractivity (Wildman–Crippen MR) is 103 cm³/mol. The van der Waals surface area contributed by atoms with Crippen LogP contribution in [0.3, 0.4) is 0 Å². The highest BCUT2D eigenvalue weighted by Gasteiger charge is 2.24. The number of nitrogens with zero attached hydrogens (tertiary/aromatic N) is 3. The molecule has 3 rings (SSSR count). The number of rotatable bonds is 3. The van der Waals surface area contributed by atoms with E-state index in [4.69, 9.17) is 4.42 Å². The van der Waals surface area contributed by atoms with Crippen molar-refractivity contribution in [2.75, 3.05) is 31.1 Å². The van der Waals surface area contributed by atoms with Crippen molar-refractivity contribution in [1.82, 2.24) is 4.90 Å². The lowest BCUT2D eigenvalue weighted by molar-refractivity contribution is -0.126. The second kappa shape index (κ2) is 7.89. The van der Waals surface area contributed by atoms with Crippen LogP contribution in [0.1, 0.15) is 5.76 Å². The van der Waals surface area contributed by atoms with E-state index in [0.717, 1.165) is 23.2 Å². The van der Waals surface area contributed by atoms with E-state index in [-0.39, 0.29) is 11.5 Å². The molecule has 2 aromatic rings. The molecule has 2 heterocycles. The molecular formula is C18H15Br2N3O2. The zero-order valence-corrected chi connectivity index (χ0v) is 16.5. The molecule has 128 valence electrons. The van der Waals surface area contributed by atoms with Gasteiger partial charge in [-0.3, -0.25) is 4.79 Å². The van der Waals surface area contributed by atoms with Gasteiger partial charge in [0.1, 0.15) is 17.4 Å². The maximum atomic E-state index is 12.6. The Morgan fingerprint density at radius 3 is 2.40 bits per heavy atom. The Morgan fingerprint density at radius 1 is 1.16 bits per heavy atom. The molecule has 1 aromatic heterocycles. The lowest BCUT2D eigenvalue weighted by atomic mass is 10.2. The first-order valence-electron chi connectivity index (χ1n) is 7.74. The van der Waals surface area contributed by atoms with Crippen LogP contribution in [0.5, 0.6) is 0 Å². The van der Waals surface area contributed by atoms with Crippen LogP contribution in [-0.2, 0) is 4.79 Å². The van der Waals surface area contributed by atoms with E-state index < -0.39 is 0 Å². The Hall–Kier alpha value is -2.04. The third kappa shape index (κ3) is 4.14. The summed E-state index contributed by atoms with van der Waals surface area (Å²) in [4.78, 5) is 16.6. The lowest BCUT2D eigenvalue weighted by Crippen LogP contribution is -2.49. The van der Waals surface area contributed by atoms with Gasteiger partial charge in [0.15, 0.2) is 4.67 Å². The number of carbonyl (C=O) groups is 1. The van der Waals surface area contributed by atoms with Gasteiger partial charge in [0.2, 0.25) is 0 Å². The first-order valence-corrected chi connectivity index (χ1v) is 9.33. The molecule has 5 nitrogen and oxygen atoms in total. The molecule has 0 radical (unpaired) electrons. The second-order valence-corrected chi connectivity index (χ2v) is 7.13. The van der Waals surface area contributed by atoms with Crippen LogP contribution in [0.25, 0.3) is 6.08 Å². The summed E-state index contributed by atoms with van der Waals surface area (Å²) in [6.45, 7) is 2.65. The minimum absolute atomic E-state index is 0.0712. The smallest absolute Gasteiger partial charge is 0.264 e. The van der Waals surface area contributed by atoms with Crippen molar-refractivity contribution in [2.45, 2.75) is 0 Å². The van der Waals surface area contributed by atoms with Crippen LogP contribution >= 0.6 is 31.9 Å². The first kappa shape index (κ1) is 17.8. The number of hydrogen-bond acceptors (Lipinski definition) is 4. The molecule has 0 saturated carbocycles. The number of furan rings is 1. The first-order chi connectivity index (χ1) is 12.1. The van der Waals surface area contributed by atoms with Crippen LogP contribution < -0.4 is 4.90 Å². The van der Waals surface area contributed by atoms with Gasteiger partial charge in [-0.25, -0.2) is 0 Å². The summed E-state index contributed by atoms with van der Waals surface area (Å²) in [5.41, 5.74) is 1.22. The number of hydrogen-bond donors (Lipinski definition) is 0. The van der Waals surface area contributed by atoms with Gasteiger partial charge in [-0.05, 0) is 50.1 Å². The van der Waals surface area contributed by atoms with E-state index in [0.29, 0.717) is 23.5 Å². The number of halogens is 2. The third-order valence-corrected chi connectivity index (χ3v) is 5.70. The van der Waals surface area contributed by atoms with Crippen LogP contribution in [0, 0.1) is 11.3 Å². The van der Waals surface area contributed by atoms with E-state index in [1.807, 2.05) is 24.3 Å². The molecule has 25 heavy (non-hydrogen) atoms. The van der Waals surface area contributed by atoms with Gasteiger partial charge in [-0.1, -0.05) is 18.2 Å². The molecule has 0 unspecified atom stereocenters. The van der Waals surface area contributed by atoms with Crippen molar-refractivity contribution in [2.24, 2.45) is 0 Å². The van der Waals surface area contributed by atoms with Gasteiger partial charge in [0.05, 0.1) is 4.47 Å². The van der Waals surface area contributed by atoms with Crippen molar-refractivity contribution >= 4 is 49.5 Å². The molecule has 1 aliphatic rings. The summed E-state index contributed by atoms with van der Waals surface area (Å²) in [6.07, 6.45) is 1.47. The maximum absolute atomic E-state index is 12.6. The van der Waals surface area contributed by atoms with Crippen molar-refractivity contribution < 1.29 is 9.21 Å². The molecule has 1 aliphatic heterocycles. The number of nitriles is 1. The zero-order chi connectivity index (χ0) is 17.8. The summed E-state index contributed by atoms with van der Waals surface area (Å²) >= 11 is 6.56. The van der Waals surface area contributed by atoms with E-state index >= 15 is 0 Å². The van der Waals surface area contributed by atoms with E-state index in [1.165, 1.54) is 6.08 Å². The highest BCUT2D eigenvalue weighted by molar-refractivity contribution is 9.13. The molecule has 1 fully saturated rings. The fourth-order valence-corrected chi connectivity index (χ4v) is 3.30. The molecule has 1 aromatic carbocycles. The molecule has 1 amide bonds. The number of carbonyl (C=O) groups excluding carboxylic acids is 1. The summed E-state index contributed by atoms with van der Waals surface area (Å²) < 4.78 is 6.69. The zero-order valence-electron chi connectivity index (χ0n) is 13.3. The van der Waals surface area contributed by atoms with Crippen LogP contribution in [0.4, 0.5) is 5.69 Å². The Kier molecular flexibility index (Phi) is 5.61. The monoisotopic (exact) mass is 463 g/mol. The highest BCUT2D eigenvalue weighted by atomic mass is 79.9.